The molecule has 0 radical (unpaired) electrons. The number of thiophene rings is 1. The van der Waals surface area contributed by atoms with Crippen molar-refractivity contribution in [1.82, 2.24) is 14.5 Å². The molecule has 5 heteroatoms. The molecule has 0 saturated heterocycles. The van der Waals surface area contributed by atoms with Crippen molar-refractivity contribution < 1.29 is 4.42 Å². The van der Waals surface area contributed by atoms with Crippen LogP contribution < -0.4 is 0 Å². The van der Waals surface area contributed by atoms with E-state index in [1.165, 1.54) is 58.2 Å². The maximum atomic E-state index is 6.58. The first-order valence-electron chi connectivity index (χ1n) is 17.8. The number of para-hydroxylation sites is 2. The van der Waals surface area contributed by atoms with Gasteiger partial charge in [0.2, 0.25) is 11.7 Å². The highest BCUT2D eigenvalue weighted by Gasteiger charge is 2.25. The summed E-state index contributed by atoms with van der Waals surface area (Å²) in [6, 6.07) is 58.3. The zero-order chi connectivity index (χ0) is 34.6. The molecule has 0 aliphatic heterocycles. The van der Waals surface area contributed by atoms with Crippen LogP contribution >= 0.6 is 11.3 Å². The molecule has 0 aliphatic rings. The molecular formula is C48H27N3OS. The SMILES string of the molecule is c1ccc(-c2ccc3cc(-c4nc(-n5c6ccccc6c6c7ccccc7c7sc8ccccc8c7c65)nc5oc6ccccc6c45)ccc3c2)cc1. The molecule has 4 aromatic heterocycles. The van der Waals surface area contributed by atoms with E-state index in [0.29, 0.717) is 11.7 Å². The predicted octanol–water partition coefficient (Wildman–Crippen LogP) is 13.5. The van der Waals surface area contributed by atoms with Crippen molar-refractivity contribution in [2.45, 2.75) is 0 Å². The van der Waals surface area contributed by atoms with E-state index in [9.17, 15) is 0 Å². The number of fused-ring (bicyclic) bond motifs is 14. The molecule has 8 aromatic carbocycles. The van der Waals surface area contributed by atoms with E-state index >= 15 is 0 Å². The standard InChI is InChI=1S/C48H27N3OS/c1-2-12-28(13-3-1)29-22-23-31-27-32(25-24-30(31)26-29)44-42-36-17-7-10-20-39(36)52-47(42)50-48(49-44)51-38-19-9-6-16-35(38)41-33-14-4-5-15-34(33)46-43(45(41)51)37-18-8-11-21-40(37)53-46/h1-27H. The number of rotatable bonds is 3. The highest BCUT2D eigenvalue weighted by Crippen LogP contribution is 2.48. The molecule has 0 unspecified atom stereocenters. The molecule has 4 nitrogen and oxygen atoms in total. The molecule has 53 heavy (non-hydrogen) atoms. The van der Waals surface area contributed by atoms with Gasteiger partial charge in [0.15, 0.2) is 0 Å². The molecule has 0 aliphatic carbocycles. The van der Waals surface area contributed by atoms with Gasteiger partial charge >= 0.3 is 0 Å². The maximum Gasteiger partial charge on any atom is 0.238 e. The molecule has 12 aromatic rings. The summed E-state index contributed by atoms with van der Waals surface area (Å²) in [6.07, 6.45) is 0. The first kappa shape index (κ1) is 28.8. The van der Waals surface area contributed by atoms with Gasteiger partial charge in [0.1, 0.15) is 5.58 Å². The van der Waals surface area contributed by atoms with Crippen LogP contribution in [0.25, 0.3) is 114 Å². The highest BCUT2D eigenvalue weighted by molar-refractivity contribution is 7.27. The summed E-state index contributed by atoms with van der Waals surface area (Å²) in [6.45, 7) is 0. The molecule has 0 fully saturated rings. The second-order valence-corrected chi connectivity index (χ2v) is 14.8. The lowest BCUT2D eigenvalue weighted by Crippen LogP contribution is -2.03. The number of aromatic nitrogens is 3. The lowest BCUT2D eigenvalue weighted by molar-refractivity contribution is 0.651. The summed E-state index contributed by atoms with van der Waals surface area (Å²) >= 11 is 1.85. The minimum Gasteiger partial charge on any atom is -0.437 e. The van der Waals surface area contributed by atoms with Crippen molar-refractivity contribution >= 4 is 96.9 Å². The van der Waals surface area contributed by atoms with Crippen molar-refractivity contribution in [3.8, 4) is 28.3 Å². The van der Waals surface area contributed by atoms with Crippen LogP contribution in [0.1, 0.15) is 0 Å². The third-order valence-corrected chi connectivity index (χ3v) is 12.0. The molecule has 0 amide bonds. The fourth-order valence-electron chi connectivity index (χ4n) is 8.45. The molecule has 0 N–H and O–H groups in total. The summed E-state index contributed by atoms with van der Waals surface area (Å²) in [7, 11) is 0. The predicted molar refractivity (Wildman–Crippen MR) is 222 cm³/mol. The number of furan rings is 1. The van der Waals surface area contributed by atoms with Gasteiger partial charge in [-0.05, 0) is 57.6 Å². The fourth-order valence-corrected chi connectivity index (χ4v) is 9.69. The van der Waals surface area contributed by atoms with Crippen molar-refractivity contribution in [2.75, 3.05) is 0 Å². The molecule has 0 spiro atoms. The Labute approximate surface area is 306 Å². The zero-order valence-corrected chi connectivity index (χ0v) is 29.1. The normalized spacial score (nSPS) is 12.2. The van der Waals surface area contributed by atoms with Crippen molar-refractivity contribution in [1.29, 1.82) is 0 Å². The summed E-state index contributed by atoms with van der Waals surface area (Å²) in [5.74, 6) is 0.587. The Bertz CT molecular complexity index is 3460. The van der Waals surface area contributed by atoms with E-state index in [-0.39, 0.29) is 0 Å². The van der Waals surface area contributed by atoms with Crippen LogP contribution in [-0.4, -0.2) is 14.5 Å². The van der Waals surface area contributed by atoms with Crippen LogP contribution in [0.5, 0.6) is 0 Å². The van der Waals surface area contributed by atoms with Gasteiger partial charge in [0, 0.05) is 47.3 Å². The number of benzene rings is 8. The van der Waals surface area contributed by atoms with Crippen LogP contribution in [0.3, 0.4) is 0 Å². The van der Waals surface area contributed by atoms with Crippen molar-refractivity contribution in [3.63, 3.8) is 0 Å². The van der Waals surface area contributed by atoms with E-state index in [2.05, 4.69) is 156 Å². The van der Waals surface area contributed by atoms with E-state index in [1.54, 1.807) is 0 Å². The lowest BCUT2D eigenvalue weighted by atomic mass is 9.98. The Kier molecular flexibility index (Phi) is 5.90. The number of hydrogen-bond donors (Lipinski definition) is 0. The summed E-state index contributed by atoms with van der Waals surface area (Å²) < 4.78 is 11.4. The average Bonchev–Trinajstić information content (AvgIpc) is 3.90. The molecular weight excluding hydrogens is 667 g/mol. The second kappa shape index (κ2) is 10.8. The van der Waals surface area contributed by atoms with Gasteiger partial charge in [0.25, 0.3) is 0 Å². The molecule has 12 rings (SSSR count). The second-order valence-electron chi connectivity index (χ2n) is 13.7. The Morgan fingerprint density at radius 3 is 1.98 bits per heavy atom. The van der Waals surface area contributed by atoms with Gasteiger partial charge in [-0.15, -0.1) is 11.3 Å². The van der Waals surface area contributed by atoms with Crippen LogP contribution in [-0.2, 0) is 0 Å². The molecule has 0 bridgehead atoms. The highest BCUT2D eigenvalue weighted by atomic mass is 32.1. The quantitative estimate of drug-likeness (QED) is 0.185. The first-order valence-corrected chi connectivity index (χ1v) is 18.6. The zero-order valence-electron chi connectivity index (χ0n) is 28.2. The Morgan fingerprint density at radius 1 is 0.472 bits per heavy atom. The average molecular weight is 694 g/mol. The monoisotopic (exact) mass is 693 g/mol. The van der Waals surface area contributed by atoms with Crippen LogP contribution in [0.2, 0.25) is 0 Å². The Morgan fingerprint density at radius 2 is 1.13 bits per heavy atom. The van der Waals surface area contributed by atoms with Gasteiger partial charge in [-0.1, -0.05) is 133 Å². The van der Waals surface area contributed by atoms with Gasteiger partial charge in [-0.2, -0.15) is 4.98 Å². The molecule has 4 heterocycles. The van der Waals surface area contributed by atoms with Gasteiger partial charge in [0.05, 0.1) is 22.1 Å². The fraction of sp³-hybridized carbons (Fsp3) is 0. The molecule has 0 atom stereocenters. The molecule has 0 saturated carbocycles. The largest absolute Gasteiger partial charge is 0.437 e. The minimum absolute atomic E-state index is 0.573. The smallest absolute Gasteiger partial charge is 0.238 e. The Hall–Kier alpha value is -6.82. The lowest BCUT2D eigenvalue weighted by Gasteiger charge is -2.12. The van der Waals surface area contributed by atoms with Crippen LogP contribution in [0, 0.1) is 0 Å². The van der Waals surface area contributed by atoms with Gasteiger partial charge < -0.3 is 4.42 Å². The van der Waals surface area contributed by atoms with Crippen molar-refractivity contribution in [3.05, 3.63) is 164 Å². The minimum atomic E-state index is 0.573. The summed E-state index contributed by atoms with van der Waals surface area (Å²) in [5, 5.41) is 11.6. The third-order valence-electron chi connectivity index (χ3n) is 10.8. The molecule has 246 valence electrons. The maximum absolute atomic E-state index is 6.58. The summed E-state index contributed by atoms with van der Waals surface area (Å²) in [4.78, 5) is 10.8. The third kappa shape index (κ3) is 4.11. The van der Waals surface area contributed by atoms with Crippen LogP contribution in [0.4, 0.5) is 0 Å². The van der Waals surface area contributed by atoms with Gasteiger partial charge in [-0.3, -0.25) is 4.57 Å². The summed E-state index contributed by atoms with van der Waals surface area (Å²) in [5.41, 5.74) is 7.81. The number of nitrogens with zero attached hydrogens (tertiary/aromatic N) is 3. The van der Waals surface area contributed by atoms with E-state index < -0.39 is 0 Å². The number of hydrogen-bond acceptors (Lipinski definition) is 4. The van der Waals surface area contributed by atoms with E-state index in [4.69, 9.17) is 14.4 Å². The van der Waals surface area contributed by atoms with Crippen molar-refractivity contribution in [2.24, 2.45) is 0 Å². The first-order chi connectivity index (χ1) is 26.3. The topological polar surface area (TPSA) is 43.9 Å². The van der Waals surface area contributed by atoms with E-state index in [1.807, 2.05) is 23.5 Å². The van der Waals surface area contributed by atoms with Gasteiger partial charge in [-0.25, -0.2) is 4.98 Å². The van der Waals surface area contributed by atoms with E-state index in [0.717, 1.165) is 44.0 Å². The van der Waals surface area contributed by atoms with Crippen LogP contribution in [0.15, 0.2) is 168 Å². The Balaban J connectivity index is 1.20.